The van der Waals surface area contributed by atoms with E-state index in [1.807, 2.05) is 0 Å². The second-order valence-corrected chi connectivity index (χ2v) is 6.56. The minimum absolute atomic E-state index is 0.0437. The lowest BCUT2D eigenvalue weighted by molar-refractivity contribution is -0.332. The first kappa shape index (κ1) is 21.1. The third kappa shape index (κ3) is 4.56. The van der Waals surface area contributed by atoms with Gasteiger partial charge in [-0.2, -0.15) is 0 Å². The lowest BCUT2D eigenvalue weighted by Gasteiger charge is -2.44. The third-order valence-corrected chi connectivity index (χ3v) is 4.49. The number of carboxylic acids is 1. The molecule has 11 nitrogen and oxygen atoms in total. The van der Waals surface area contributed by atoms with Crippen LogP contribution >= 0.6 is 0 Å². The van der Waals surface area contributed by atoms with Gasteiger partial charge in [-0.25, -0.2) is 4.79 Å². The molecule has 0 bridgehead atoms. The summed E-state index contributed by atoms with van der Waals surface area (Å²) in [5.41, 5.74) is 0. The molecule has 0 aliphatic carbocycles. The molecule has 0 radical (unpaired) electrons. The molecule has 9 atom stereocenters. The molecule has 2 aliphatic heterocycles. The van der Waals surface area contributed by atoms with Crippen LogP contribution in [0.2, 0.25) is 0 Å². The molecule has 0 aromatic rings. The molecule has 26 heavy (non-hydrogen) atoms. The third-order valence-electron chi connectivity index (χ3n) is 4.49. The predicted molar refractivity (Wildman–Crippen MR) is 80.6 cm³/mol. The molecule has 6 N–H and O–H groups in total. The van der Waals surface area contributed by atoms with Crippen LogP contribution in [0.4, 0.5) is 0 Å². The highest BCUT2D eigenvalue weighted by Crippen LogP contribution is 2.33. The van der Waals surface area contributed by atoms with Crippen molar-refractivity contribution in [1.82, 2.24) is 0 Å². The summed E-state index contributed by atoms with van der Waals surface area (Å²) in [4.78, 5) is 22.8. The fourth-order valence-electron chi connectivity index (χ4n) is 3.16. The van der Waals surface area contributed by atoms with Crippen LogP contribution in [0, 0.1) is 5.92 Å². The molecule has 2 heterocycles. The quantitative estimate of drug-likeness (QED) is 0.275. The van der Waals surface area contributed by atoms with Gasteiger partial charge in [0.15, 0.2) is 18.7 Å². The van der Waals surface area contributed by atoms with Crippen LogP contribution in [0.25, 0.3) is 0 Å². The average Bonchev–Trinajstić information content (AvgIpc) is 2.56. The van der Waals surface area contributed by atoms with Gasteiger partial charge in [0.25, 0.3) is 0 Å². The van der Waals surface area contributed by atoms with Crippen LogP contribution < -0.4 is 0 Å². The fraction of sp³-hybridized carbons (Fsp3) is 0.867. The molecule has 11 heteroatoms. The van der Waals surface area contributed by atoms with Crippen molar-refractivity contribution in [1.29, 1.82) is 0 Å². The van der Waals surface area contributed by atoms with Gasteiger partial charge in [0, 0.05) is 12.3 Å². The van der Waals surface area contributed by atoms with Crippen molar-refractivity contribution in [3.63, 3.8) is 0 Å². The van der Waals surface area contributed by atoms with Gasteiger partial charge < -0.3 is 49.6 Å². The number of ether oxygens (including phenoxy) is 3. The first-order valence-electron chi connectivity index (χ1n) is 8.17. The van der Waals surface area contributed by atoms with E-state index in [1.54, 1.807) is 0 Å². The summed E-state index contributed by atoms with van der Waals surface area (Å²) in [5.74, 6) is -2.44. The number of ketones is 1. The summed E-state index contributed by atoms with van der Waals surface area (Å²) in [5, 5.41) is 57.8. The summed E-state index contributed by atoms with van der Waals surface area (Å²) >= 11 is 0. The topological polar surface area (TPSA) is 183 Å². The van der Waals surface area contributed by atoms with Crippen molar-refractivity contribution in [2.75, 3.05) is 6.61 Å². The first-order chi connectivity index (χ1) is 12.1. The molecule has 0 amide bonds. The van der Waals surface area contributed by atoms with Crippen LogP contribution in [0.3, 0.4) is 0 Å². The fourth-order valence-corrected chi connectivity index (χ4v) is 3.16. The van der Waals surface area contributed by atoms with Gasteiger partial charge in [0.05, 0.1) is 12.7 Å². The van der Waals surface area contributed by atoms with Gasteiger partial charge in [-0.3, -0.25) is 0 Å². The second-order valence-electron chi connectivity index (χ2n) is 6.56. The maximum atomic E-state index is 11.5. The highest BCUT2D eigenvalue weighted by Gasteiger charge is 2.50. The van der Waals surface area contributed by atoms with E-state index in [9.17, 15) is 40.2 Å². The number of hydrogen-bond donors (Lipinski definition) is 6. The van der Waals surface area contributed by atoms with Crippen LogP contribution in [-0.4, -0.2) is 98.2 Å². The number of carbonyl (C=O) groups is 2. The largest absolute Gasteiger partial charge is 0.479 e. The molecule has 2 fully saturated rings. The van der Waals surface area contributed by atoms with E-state index in [0.717, 1.165) is 0 Å². The zero-order valence-corrected chi connectivity index (χ0v) is 14.0. The standard InChI is InChI=1S/C15H24O11/c1-5(17)2-6-3-7(18)8(4-16)24-15(6)26-11-9(19)10(20)14(23)25-12(11)13(21)22/h6-12,14-16,18-20,23H,2-4H2,1H3,(H,21,22)/t6-,7+,8-,9-,10-,11+,12+,14-,15?/m1/s1. The van der Waals surface area contributed by atoms with E-state index in [1.165, 1.54) is 6.92 Å². The second kappa shape index (κ2) is 8.67. The van der Waals surface area contributed by atoms with Crippen LogP contribution in [0.5, 0.6) is 0 Å². The Morgan fingerprint density at radius 3 is 2.31 bits per heavy atom. The lowest BCUT2D eigenvalue weighted by Crippen LogP contribution is -2.62. The number of carboxylic acid groups (broad SMARTS) is 1. The molecule has 0 saturated carbocycles. The van der Waals surface area contributed by atoms with Crippen LogP contribution in [0.1, 0.15) is 19.8 Å². The zero-order valence-electron chi connectivity index (χ0n) is 14.0. The Hall–Kier alpha value is -1.18. The number of aliphatic hydroxyl groups is 5. The van der Waals surface area contributed by atoms with Gasteiger partial charge in [0.2, 0.25) is 0 Å². The Labute approximate surface area is 148 Å². The molecule has 1 unspecified atom stereocenters. The Morgan fingerprint density at radius 2 is 1.77 bits per heavy atom. The summed E-state index contributed by atoms with van der Waals surface area (Å²) in [6.07, 6.45) is -12.3. The first-order valence-corrected chi connectivity index (χ1v) is 8.17. The van der Waals surface area contributed by atoms with E-state index >= 15 is 0 Å². The molecule has 150 valence electrons. The molecule has 2 aliphatic rings. The van der Waals surface area contributed by atoms with Crippen molar-refractivity contribution in [3.8, 4) is 0 Å². The minimum Gasteiger partial charge on any atom is -0.479 e. The number of aliphatic hydroxyl groups excluding tert-OH is 5. The van der Waals surface area contributed by atoms with E-state index in [0.29, 0.717) is 0 Å². The Balaban J connectivity index is 2.21. The number of Topliss-reactive ketones (excluding diaryl/α,β-unsaturated/α-hetero) is 1. The van der Waals surface area contributed by atoms with E-state index < -0.39 is 67.7 Å². The smallest absolute Gasteiger partial charge is 0.335 e. The SMILES string of the molecule is CC(=O)C[C@@H]1C[C@H](O)[C@@H](CO)OC1O[C@H]1[C@H](O)[C@@H](O)[C@H](O)O[C@@H]1C(=O)O. The predicted octanol–water partition coefficient (Wildman–Crippen LogP) is -3.04. The lowest BCUT2D eigenvalue weighted by atomic mass is 9.90. The van der Waals surface area contributed by atoms with E-state index in [4.69, 9.17) is 14.2 Å². The molecular weight excluding hydrogens is 356 g/mol. The van der Waals surface area contributed by atoms with E-state index in [-0.39, 0.29) is 18.6 Å². The monoisotopic (exact) mass is 380 g/mol. The molecule has 0 aromatic carbocycles. The summed E-state index contributed by atoms with van der Waals surface area (Å²) in [6.45, 7) is 0.779. The van der Waals surface area contributed by atoms with Gasteiger partial charge in [-0.15, -0.1) is 0 Å². The van der Waals surface area contributed by atoms with Crippen molar-refractivity contribution in [2.24, 2.45) is 5.92 Å². The van der Waals surface area contributed by atoms with Crippen molar-refractivity contribution in [2.45, 2.75) is 69.0 Å². The van der Waals surface area contributed by atoms with Crippen molar-refractivity contribution < 1.29 is 54.4 Å². The number of aliphatic carboxylic acids is 1. The van der Waals surface area contributed by atoms with E-state index in [2.05, 4.69) is 0 Å². The molecule has 2 rings (SSSR count). The summed E-state index contributed by atoms with van der Waals surface area (Å²) in [7, 11) is 0. The van der Waals surface area contributed by atoms with Crippen molar-refractivity contribution in [3.05, 3.63) is 0 Å². The summed E-state index contributed by atoms with van der Waals surface area (Å²) < 4.78 is 15.7. The number of hydrogen-bond acceptors (Lipinski definition) is 10. The van der Waals surface area contributed by atoms with Gasteiger partial charge in [-0.1, -0.05) is 0 Å². The number of carbonyl (C=O) groups excluding carboxylic acids is 1. The Bertz CT molecular complexity index is 512. The minimum atomic E-state index is -1.92. The zero-order chi connectivity index (χ0) is 19.6. The average molecular weight is 380 g/mol. The summed E-state index contributed by atoms with van der Waals surface area (Å²) in [6, 6.07) is 0. The molecule has 2 saturated heterocycles. The maximum Gasteiger partial charge on any atom is 0.335 e. The Kier molecular flexibility index (Phi) is 7.05. The van der Waals surface area contributed by atoms with Gasteiger partial charge in [0.1, 0.15) is 30.2 Å². The molecule has 0 spiro atoms. The van der Waals surface area contributed by atoms with Crippen LogP contribution in [-0.2, 0) is 23.8 Å². The Morgan fingerprint density at radius 1 is 1.12 bits per heavy atom. The molecular formula is C15H24O11. The number of rotatable bonds is 6. The van der Waals surface area contributed by atoms with Gasteiger partial charge >= 0.3 is 5.97 Å². The van der Waals surface area contributed by atoms with Crippen molar-refractivity contribution >= 4 is 11.8 Å². The van der Waals surface area contributed by atoms with Crippen LogP contribution in [0.15, 0.2) is 0 Å². The highest BCUT2D eigenvalue weighted by atomic mass is 16.7. The normalized spacial score (nSPS) is 43.8. The highest BCUT2D eigenvalue weighted by molar-refractivity contribution is 5.75. The van der Waals surface area contributed by atoms with Gasteiger partial charge in [-0.05, 0) is 13.3 Å². The molecule has 0 aromatic heterocycles. The maximum absolute atomic E-state index is 11.5.